The Morgan fingerprint density at radius 3 is 2.58 bits per heavy atom. The van der Waals surface area contributed by atoms with Gasteiger partial charge in [0.05, 0.1) is 4.91 Å². The van der Waals surface area contributed by atoms with Crippen LogP contribution in [-0.2, 0) is 14.9 Å². The second-order valence-electron chi connectivity index (χ2n) is 3.55. The van der Waals surface area contributed by atoms with Crippen molar-refractivity contribution in [3.8, 4) is 5.75 Å². The summed E-state index contributed by atoms with van der Waals surface area (Å²) in [5.74, 6) is -0.944. The Balaban J connectivity index is 2.46. The zero-order valence-corrected chi connectivity index (χ0v) is 11.6. The largest absolute Gasteiger partial charge is 0.506 e. The van der Waals surface area contributed by atoms with Crippen molar-refractivity contribution in [2.45, 2.75) is 4.90 Å². The molecule has 0 aliphatic carbocycles. The van der Waals surface area contributed by atoms with Crippen molar-refractivity contribution in [3.63, 3.8) is 0 Å². The molecule has 1 aromatic rings. The minimum Gasteiger partial charge on any atom is -0.506 e. The summed E-state index contributed by atoms with van der Waals surface area (Å²) in [6.45, 7) is 0. The Hall–Kier alpha value is -1.42. The Morgan fingerprint density at radius 1 is 1.37 bits per heavy atom. The van der Waals surface area contributed by atoms with E-state index in [1.807, 2.05) is 0 Å². The quantitative estimate of drug-likeness (QED) is 0.427. The number of hydrogen-bond donors (Lipinski definition) is 3. The van der Waals surface area contributed by atoms with Crippen LogP contribution in [-0.4, -0.2) is 28.3 Å². The molecule has 1 fully saturated rings. The van der Waals surface area contributed by atoms with Crippen LogP contribution >= 0.6 is 24.0 Å². The van der Waals surface area contributed by atoms with Crippen molar-refractivity contribution in [1.82, 2.24) is 5.32 Å². The fourth-order valence-corrected chi connectivity index (χ4v) is 3.06. The maximum atomic E-state index is 11.4. The molecule has 1 saturated heterocycles. The zero-order chi connectivity index (χ0) is 14.2. The van der Waals surface area contributed by atoms with Crippen LogP contribution in [0.15, 0.2) is 28.0 Å². The molecule has 1 aliphatic rings. The Labute approximate surface area is 118 Å². The van der Waals surface area contributed by atoms with E-state index in [2.05, 4.69) is 5.32 Å². The number of rotatable bonds is 2. The molecule has 0 aromatic heterocycles. The first-order valence-corrected chi connectivity index (χ1v) is 7.49. The molecule has 1 aromatic carbocycles. The molecule has 100 valence electrons. The van der Waals surface area contributed by atoms with Gasteiger partial charge in [0, 0.05) is 0 Å². The van der Waals surface area contributed by atoms with Crippen LogP contribution in [0.5, 0.6) is 5.75 Å². The summed E-state index contributed by atoms with van der Waals surface area (Å²) in [4.78, 5) is 11.1. The number of aromatic hydroxyl groups is 1. The monoisotopic (exact) mass is 317 g/mol. The first-order chi connectivity index (χ1) is 8.77. The average molecular weight is 317 g/mol. The molecule has 19 heavy (non-hydrogen) atoms. The molecule has 0 bridgehead atoms. The predicted octanol–water partition coefficient (Wildman–Crippen LogP) is 1.13. The van der Waals surface area contributed by atoms with Crippen LogP contribution in [0.1, 0.15) is 5.56 Å². The minimum absolute atomic E-state index is 0.303. The summed E-state index contributed by atoms with van der Waals surface area (Å²) in [5, 5.41) is 11.8. The van der Waals surface area contributed by atoms with E-state index in [1.165, 1.54) is 12.1 Å². The number of thioether (sulfide) groups is 1. The van der Waals surface area contributed by atoms with Gasteiger partial charge in [-0.15, -0.1) is 0 Å². The number of benzene rings is 1. The van der Waals surface area contributed by atoms with Gasteiger partial charge in [-0.2, -0.15) is 8.42 Å². The van der Waals surface area contributed by atoms with Gasteiger partial charge in [-0.05, 0) is 23.8 Å². The molecular weight excluding hydrogens is 310 g/mol. The number of hydrogen-bond acceptors (Lipinski definition) is 6. The van der Waals surface area contributed by atoms with Gasteiger partial charge in [0.2, 0.25) is 0 Å². The lowest BCUT2D eigenvalue weighted by atomic mass is 10.2. The van der Waals surface area contributed by atoms with Gasteiger partial charge < -0.3 is 10.4 Å². The highest BCUT2D eigenvalue weighted by Crippen LogP contribution is 2.28. The van der Waals surface area contributed by atoms with E-state index in [1.54, 1.807) is 0 Å². The predicted molar refractivity (Wildman–Crippen MR) is 74.2 cm³/mol. The number of nitrogens with one attached hydrogen (secondary N) is 1. The van der Waals surface area contributed by atoms with Crippen molar-refractivity contribution >= 4 is 50.4 Å². The minimum atomic E-state index is -4.53. The lowest BCUT2D eigenvalue weighted by Gasteiger charge is -2.02. The van der Waals surface area contributed by atoms with Gasteiger partial charge in [-0.25, -0.2) is 0 Å². The second kappa shape index (κ2) is 4.93. The van der Waals surface area contributed by atoms with Crippen LogP contribution < -0.4 is 5.32 Å². The number of thiocarbonyl (C=S) groups is 1. The highest BCUT2D eigenvalue weighted by molar-refractivity contribution is 8.26. The van der Waals surface area contributed by atoms with Gasteiger partial charge in [-0.3, -0.25) is 9.35 Å². The van der Waals surface area contributed by atoms with Crippen LogP contribution in [0.25, 0.3) is 6.08 Å². The lowest BCUT2D eigenvalue weighted by molar-refractivity contribution is -0.115. The van der Waals surface area contributed by atoms with Gasteiger partial charge in [0.1, 0.15) is 15.0 Å². The summed E-state index contributed by atoms with van der Waals surface area (Å²) in [7, 11) is -4.53. The summed E-state index contributed by atoms with van der Waals surface area (Å²) in [6.07, 6.45) is 1.41. The molecule has 2 rings (SSSR count). The highest BCUT2D eigenvalue weighted by atomic mass is 32.2. The molecule has 0 atom stereocenters. The van der Waals surface area contributed by atoms with Crippen molar-refractivity contribution in [2.75, 3.05) is 0 Å². The summed E-state index contributed by atoms with van der Waals surface area (Å²) >= 11 is 5.85. The normalized spacial score (nSPS) is 17.8. The maximum absolute atomic E-state index is 11.4. The molecular formula is C10H7NO5S3. The van der Waals surface area contributed by atoms with E-state index in [-0.39, 0.29) is 5.91 Å². The maximum Gasteiger partial charge on any atom is 0.298 e. The molecule has 1 aliphatic heterocycles. The summed E-state index contributed by atoms with van der Waals surface area (Å²) in [5.41, 5.74) is 0.341. The van der Waals surface area contributed by atoms with Crippen LogP contribution in [0.4, 0.5) is 0 Å². The van der Waals surface area contributed by atoms with Crippen molar-refractivity contribution in [3.05, 3.63) is 28.7 Å². The fourth-order valence-electron chi connectivity index (χ4n) is 1.40. The van der Waals surface area contributed by atoms with Crippen LogP contribution in [0.3, 0.4) is 0 Å². The second-order valence-corrected chi connectivity index (χ2v) is 6.66. The van der Waals surface area contributed by atoms with Crippen molar-refractivity contribution in [1.29, 1.82) is 0 Å². The van der Waals surface area contributed by atoms with Crippen LogP contribution in [0, 0.1) is 0 Å². The first-order valence-electron chi connectivity index (χ1n) is 4.83. The third-order valence-electron chi connectivity index (χ3n) is 2.20. The van der Waals surface area contributed by atoms with E-state index in [0.29, 0.717) is 14.8 Å². The molecule has 9 heteroatoms. The van der Waals surface area contributed by atoms with Crippen molar-refractivity contribution in [2.24, 2.45) is 0 Å². The van der Waals surface area contributed by atoms with E-state index in [4.69, 9.17) is 16.8 Å². The third kappa shape index (κ3) is 3.13. The van der Waals surface area contributed by atoms with Gasteiger partial charge in [0.15, 0.2) is 0 Å². The zero-order valence-electron chi connectivity index (χ0n) is 9.15. The Bertz CT molecular complexity index is 708. The lowest BCUT2D eigenvalue weighted by Crippen LogP contribution is -2.17. The topological polar surface area (TPSA) is 104 Å². The van der Waals surface area contributed by atoms with Gasteiger partial charge in [-0.1, -0.05) is 30.0 Å². The van der Waals surface area contributed by atoms with Crippen molar-refractivity contribution < 1.29 is 22.9 Å². The SMILES string of the molecule is O=C1NC(=S)S/C1=C/c1ccc(O)c(S(=O)(=O)O)c1. The molecule has 0 saturated carbocycles. The highest BCUT2D eigenvalue weighted by Gasteiger charge is 2.22. The molecule has 6 nitrogen and oxygen atoms in total. The fraction of sp³-hybridized carbons (Fsp3) is 0. The molecule has 0 spiro atoms. The molecule has 0 unspecified atom stereocenters. The van der Waals surface area contributed by atoms with E-state index in [9.17, 15) is 18.3 Å². The smallest absolute Gasteiger partial charge is 0.298 e. The summed E-state index contributed by atoms with van der Waals surface area (Å²) in [6, 6.07) is 3.59. The van der Waals surface area contributed by atoms with E-state index < -0.39 is 20.8 Å². The molecule has 1 amide bonds. The molecule has 1 heterocycles. The van der Waals surface area contributed by atoms with E-state index in [0.717, 1.165) is 23.9 Å². The number of carbonyl (C=O) groups excluding carboxylic acids is 1. The Morgan fingerprint density at radius 2 is 2.05 bits per heavy atom. The number of carbonyl (C=O) groups is 1. The van der Waals surface area contributed by atoms with E-state index >= 15 is 0 Å². The van der Waals surface area contributed by atoms with Gasteiger partial charge in [0.25, 0.3) is 16.0 Å². The third-order valence-corrected chi connectivity index (χ3v) is 4.25. The number of amides is 1. The number of phenols is 1. The Kier molecular flexibility index (Phi) is 3.63. The average Bonchev–Trinajstić information content (AvgIpc) is 2.58. The molecule has 3 N–H and O–H groups in total. The van der Waals surface area contributed by atoms with Gasteiger partial charge >= 0.3 is 0 Å². The standard InChI is InChI=1S/C10H7NO5S3/c12-6-2-1-5(4-8(6)19(14,15)16)3-7-9(13)11-10(17)18-7/h1-4,12H,(H,11,13,17)(H,14,15,16)/b7-3+. The van der Waals surface area contributed by atoms with Crippen LogP contribution in [0.2, 0.25) is 0 Å². The number of phenolic OH excluding ortho intramolecular Hbond substituents is 1. The molecule has 0 radical (unpaired) electrons. The summed E-state index contributed by atoms with van der Waals surface area (Å²) < 4.78 is 31.3. The first kappa shape index (κ1) is 14.0.